The zero-order valence-corrected chi connectivity index (χ0v) is 9.73. The smallest absolute Gasteiger partial charge is 0.226 e. The van der Waals surface area contributed by atoms with Gasteiger partial charge in [0.05, 0.1) is 0 Å². The summed E-state index contributed by atoms with van der Waals surface area (Å²) in [6.45, 7) is 3.66. The highest BCUT2D eigenvalue weighted by Gasteiger charge is 2.09. The fourth-order valence-corrected chi connectivity index (χ4v) is 1.18. The van der Waals surface area contributed by atoms with Crippen LogP contribution in [-0.4, -0.2) is 42.2 Å². The molecule has 0 bridgehead atoms. The molecule has 0 spiro atoms. The Morgan fingerprint density at radius 2 is 2.20 bits per heavy atom. The molecule has 0 fully saturated rings. The minimum Gasteiger partial charge on any atom is -0.339 e. The molecule has 0 aliphatic carbocycles. The number of likely N-dealkylation sites (N-methyl/N-ethyl adjacent to an activating group) is 1. The van der Waals surface area contributed by atoms with Crippen LogP contribution in [0.3, 0.4) is 0 Å². The van der Waals surface area contributed by atoms with Crippen molar-refractivity contribution in [2.45, 2.75) is 19.8 Å². The molecule has 1 aromatic heterocycles. The predicted molar refractivity (Wildman–Crippen MR) is 58.5 cm³/mol. The summed E-state index contributed by atoms with van der Waals surface area (Å²) in [5.41, 5.74) is 5.53. The molecular formula is C10H20N4O. The topological polar surface area (TPSA) is 68.2 Å². The molecule has 1 rings (SSSR count). The number of hydrogen-bond acceptors (Lipinski definition) is 5. The zero-order valence-electron chi connectivity index (χ0n) is 9.73. The van der Waals surface area contributed by atoms with E-state index >= 15 is 0 Å². The van der Waals surface area contributed by atoms with Crippen molar-refractivity contribution >= 4 is 0 Å². The average molecular weight is 212 g/mol. The third kappa shape index (κ3) is 4.40. The van der Waals surface area contributed by atoms with Crippen LogP contribution in [0, 0.1) is 5.92 Å². The summed E-state index contributed by atoms with van der Waals surface area (Å²) in [5.74, 6) is 1.87. The van der Waals surface area contributed by atoms with E-state index in [9.17, 15) is 0 Å². The molecule has 1 aromatic rings. The van der Waals surface area contributed by atoms with Gasteiger partial charge in [0.25, 0.3) is 0 Å². The van der Waals surface area contributed by atoms with E-state index in [4.69, 9.17) is 10.3 Å². The molecule has 5 nitrogen and oxygen atoms in total. The highest BCUT2D eigenvalue weighted by molar-refractivity contribution is 4.88. The first-order valence-electron chi connectivity index (χ1n) is 5.28. The lowest BCUT2D eigenvalue weighted by Gasteiger charge is -2.05. The van der Waals surface area contributed by atoms with Crippen LogP contribution < -0.4 is 5.73 Å². The first-order chi connectivity index (χ1) is 7.11. The van der Waals surface area contributed by atoms with Gasteiger partial charge in [-0.25, -0.2) is 0 Å². The van der Waals surface area contributed by atoms with E-state index in [2.05, 4.69) is 22.0 Å². The number of nitrogens with two attached hydrogens (primary N) is 1. The monoisotopic (exact) mass is 212 g/mol. The SMILES string of the molecule is CC(CN)Cc1nc(CCN(C)C)no1. The van der Waals surface area contributed by atoms with Crippen molar-refractivity contribution in [2.24, 2.45) is 11.7 Å². The zero-order chi connectivity index (χ0) is 11.3. The quantitative estimate of drug-likeness (QED) is 0.735. The Hall–Kier alpha value is -0.940. The maximum atomic E-state index is 5.53. The Labute approximate surface area is 90.6 Å². The van der Waals surface area contributed by atoms with Gasteiger partial charge in [0.2, 0.25) is 5.89 Å². The van der Waals surface area contributed by atoms with Crippen molar-refractivity contribution in [1.29, 1.82) is 0 Å². The van der Waals surface area contributed by atoms with Gasteiger partial charge >= 0.3 is 0 Å². The summed E-state index contributed by atoms with van der Waals surface area (Å²) < 4.78 is 5.13. The second-order valence-electron chi connectivity index (χ2n) is 4.20. The van der Waals surface area contributed by atoms with Crippen LogP contribution in [-0.2, 0) is 12.8 Å². The maximum Gasteiger partial charge on any atom is 0.226 e. The highest BCUT2D eigenvalue weighted by Crippen LogP contribution is 2.05. The minimum absolute atomic E-state index is 0.396. The van der Waals surface area contributed by atoms with Crippen molar-refractivity contribution in [1.82, 2.24) is 15.0 Å². The standard InChI is InChI=1S/C10H20N4O/c1-8(7-11)6-10-12-9(13-15-10)4-5-14(2)3/h8H,4-7,11H2,1-3H3. The molecule has 0 saturated carbocycles. The number of nitrogens with zero attached hydrogens (tertiary/aromatic N) is 3. The average Bonchev–Trinajstić information content (AvgIpc) is 2.62. The van der Waals surface area contributed by atoms with Crippen molar-refractivity contribution in [3.05, 3.63) is 11.7 Å². The molecule has 1 unspecified atom stereocenters. The first kappa shape index (κ1) is 12.1. The van der Waals surface area contributed by atoms with Gasteiger partial charge in [0, 0.05) is 19.4 Å². The van der Waals surface area contributed by atoms with Crippen molar-refractivity contribution < 1.29 is 4.52 Å². The Morgan fingerprint density at radius 3 is 2.80 bits per heavy atom. The van der Waals surface area contributed by atoms with Crippen LogP contribution in [0.2, 0.25) is 0 Å². The molecule has 0 amide bonds. The van der Waals surface area contributed by atoms with Gasteiger partial charge in [-0.05, 0) is 26.6 Å². The Morgan fingerprint density at radius 1 is 1.47 bits per heavy atom. The van der Waals surface area contributed by atoms with Crippen LogP contribution >= 0.6 is 0 Å². The molecule has 1 heterocycles. The van der Waals surface area contributed by atoms with Gasteiger partial charge in [-0.15, -0.1) is 0 Å². The van der Waals surface area contributed by atoms with Gasteiger partial charge < -0.3 is 15.2 Å². The normalized spacial score (nSPS) is 13.4. The Kier molecular flexibility index (Phi) is 4.71. The van der Waals surface area contributed by atoms with E-state index in [1.165, 1.54) is 0 Å². The van der Waals surface area contributed by atoms with Crippen LogP contribution in [0.25, 0.3) is 0 Å². The Balaban J connectivity index is 2.42. The summed E-state index contributed by atoms with van der Waals surface area (Å²) in [4.78, 5) is 6.41. The lowest BCUT2D eigenvalue weighted by molar-refractivity contribution is 0.351. The van der Waals surface area contributed by atoms with Crippen LogP contribution in [0.15, 0.2) is 4.52 Å². The fraction of sp³-hybridized carbons (Fsp3) is 0.800. The van der Waals surface area contributed by atoms with Crippen molar-refractivity contribution in [3.8, 4) is 0 Å². The molecule has 0 aliphatic rings. The summed E-state index contributed by atoms with van der Waals surface area (Å²) >= 11 is 0. The molecule has 0 aliphatic heterocycles. The van der Waals surface area contributed by atoms with Gasteiger partial charge in [-0.3, -0.25) is 0 Å². The molecule has 86 valence electrons. The van der Waals surface area contributed by atoms with Gasteiger partial charge in [0.15, 0.2) is 5.82 Å². The predicted octanol–water partition coefficient (Wildman–Crippen LogP) is 0.311. The molecule has 0 radical (unpaired) electrons. The lowest BCUT2D eigenvalue weighted by Crippen LogP contribution is -2.16. The van der Waals surface area contributed by atoms with E-state index in [-0.39, 0.29) is 0 Å². The van der Waals surface area contributed by atoms with Gasteiger partial charge in [-0.2, -0.15) is 4.98 Å². The van der Waals surface area contributed by atoms with E-state index in [1.807, 2.05) is 14.1 Å². The van der Waals surface area contributed by atoms with Gasteiger partial charge in [-0.1, -0.05) is 12.1 Å². The van der Waals surface area contributed by atoms with E-state index in [0.717, 1.165) is 25.2 Å². The fourth-order valence-electron chi connectivity index (χ4n) is 1.18. The molecule has 0 aromatic carbocycles. The van der Waals surface area contributed by atoms with Crippen molar-refractivity contribution in [3.63, 3.8) is 0 Å². The van der Waals surface area contributed by atoms with E-state index in [1.54, 1.807) is 0 Å². The molecular weight excluding hydrogens is 192 g/mol. The summed E-state index contributed by atoms with van der Waals surface area (Å²) in [6.07, 6.45) is 1.60. The second-order valence-corrected chi connectivity index (χ2v) is 4.20. The van der Waals surface area contributed by atoms with Crippen LogP contribution in [0.1, 0.15) is 18.6 Å². The second kappa shape index (κ2) is 5.82. The molecule has 0 saturated heterocycles. The molecule has 5 heteroatoms. The Bertz CT molecular complexity index is 285. The largest absolute Gasteiger partial charge is 0.339 e. The number of rotatable bonds is 6. The summed E-state index contributed by atoms with van der Waals surface area (Å²) in [5, 5.41) is 3.92. The maximum absolute atomic E-state index is 5.53. The lowest BCUT2D eigenvalue weighted by atomic mass is 10.1. The highest BCUT2D eigenvalue weighted by atomic mass is 16.5. The van der Waals surface area contributed by atoms with Crippen molar-refractivity contribution in [2.75, 3.05) is 27.2 Å². The van der Waals surface area contributed by atoms with E-state index in [0.29, 0.717) is 18.4 Å². The third-order valence-electron chi connectivity index (χ3n) is 2.22. The van der Waals surface area contributed by atoms with Gasteiger partial charge in [0.1, 0.15) is 0 Å². The third-order valence-corrected chi connectivity index (χ3v) is 2.22. The minimum atomic E-state index is 0.396. The molecule has 2 N–H and O–H groups in total. The number of aromatic nitrogens is 2. The van der Waals surface area contributed by atoms with Crippen LogP contribution in [0.5, 0.6) is 0 Å². The molecule has 15 heavy (non-hydrogen) atoms. The summed E-state index contributed by atoms with van der Waals surface area (Å²) in [6, 6.07) is 0. The van der Waals surface area contributed by atoms with Crippen LogP contribution in [0.4, 0.5) is 0 Å². The summed E-state index contributed by atoms with van der Waals surface area (Å²) in [7, 11) is 4.05. The first-order valence-corrected chi connectivity index (χ1v) is 5.28. The van der Waals surface area contributed by atoms with E-state index < -0.39 is 0 Å². The number of hydrogen-bond donors (Lipinski definition) is 1. The molecule has 1 atom stereocenters.